The zero-order valence-electron chi connectivity index (χ0n) is 13.0. The lowest BCUT2D eigenvalue weighted by molar-refractivity contribution is 0.529. The predicted octanol–water partition coefficient (Wildman–Crippen LogP) is 4.41. The molecule has 2 heteroatoms. The molecule has 0 aromatic heterocycles. The molecule has 1 aliphatic rings. The average molecular weight is 255 g/mol. The number of allylic oxidation sites excluding steroid dienone is 2. The summed E-state index contributed by atoms with van der Waals surface area (Å²) in [5, 5.41) is 0.613. The molecule has 0 radical (unpaired) electrons. The van der Waals surface area contributed by atoms with E-state index in [0.29, 0.717) is 5.25 Å². The third kappa shape index (κ3) is 2.97. The molecule has 0 unspecified atom stereocenters. The highest BCUT2D eigenvalue weighted by atomic mass is 32.3. The van der Waals surface area contributed by atoms with E-state index in [4.69, 9.17) is 0 Å². The van der Waals surface area contributed by atoms with E-state index >= 15 is 0 Å². The average Bonchev–Trinajstić information content (AvgIpc) is 2.27. The van der Waals surface area contributed by atoms with Gasteiger partial charge >= 0.3 is 0 Å². The molecule has 0 bridgehead atoms. The van der Waals surface area contributed by atoms with E-state index in [1.54, 1.807) is 11.1 Å². The van der Waals surface area contributed by atoms with Gasteiger partial charge in [-0.15, -0.1) is 0 Å². The summed E-state index contributed by atoms with van der Waals surface area (Å²) in [7, 11) is -0.848. The van der Waals surface area contributed by atoms with Crippen molar-refractivity contribution >= 4 is 10.2 Å². The van der Waals surface area contributed by atoms with Crippen LogP contribution in [0.1, 0.15) is 48.5 Å². The van der Waals surface area contributed by atoms with Crippen LogP contribution in [0.5, 0.6) is 0 Å². The summed E-state index contributed by atoms with van der Waals surface area (Å²) in [6, 6.07) is 0. The molecule has 0 aromatic rings. The van der Waals surface area contributed by atoms with Crippen LogP contribution in [0.4, 0.5) is 0 Å². The van der Waals surface area contributed by atoms with E-state index in [2.05, 4.69) is 65.7 Å². The maximum atomic E-state index is 3.85. The molecule has 1 nitrogen and oxygen atoms in total. The van der Waals surface area contributed by atoms with Crippen LogP contribution in [0.15, 0.2) is 22.3 Å². The second-order valence-electron chi connectivity index (χ2n) is 6.75. The molecule has 0 spiro atoms. The van der Waals surface area contributed by atoms with E-state index in [1.807, 2.05) is 0 Å². The highest BCUT2D eigenvalue weighted by Crippen LogP contribution is 2.53. The summed E-state index contributed by atoms with van der Waals surface area (Å²) >= 11 is 0. The van der Waals surface area contributed by atoms with Crippen LogP contribution in [0, 0.1) is 0 Å². The second-order valence-corrected chi connectivity index (χ2v) is 10.2. The minimum atomic E-state index is -0.848. The highest BCUT2D eigenvalue weighted by Gasteiger charge is 2.35. The van der Waals surface area contributed by atoms with Crippen molar-refractivity contribution in [2.24, 2.45) is 0 Å². The van der Waals surface area contributed by atoms with E-state index < -0.39 is 10.2 Å². The van der Waals surface area contributed by atoms with Gasteiger partial charge < -0.3 is 0 Å². The van der Waals surface area contributed by atoms with E-state index in [-0.39, 0.29) is 5.54 Å². The second kappa shape index (κ2) is 4.47. The lowest BCUT2D eigenvalue weighted by atomic mass is 10.1. The summed E-state index contributed by atoms with van der Waals surface area (Å²) < 4.78 is 3.85. The number of hydrogen-bond donors (Lipinski definition) is 1. The van der Waals surface area contributed by atoms with E-state index in [9.17, 15) is 0 Å². The molecular formula is C15H29NS. The Balaban J connectivity index is 3.10. The third-order valence-electron chi connectivity index (χ3n) is 3.69. The molecule has 100 valence electrons. The first kappa shape index (κ1) is 14.8. The van der Waals surface area contributed by atoms with Gasteiger partial charge in [-0.2, -0.15) is 10.2 Å². The van der Waals surface area contributed by atoms with Crippen LogP contribution in [0.3, 0.4) is 0 Å². The molecule has 0 saturated heterocycles. The molecular weight excluding hydrogens is 226 g/mol. The van der Waals surface area contributed by atoms with Gasteiger partial charge in [0.15, 0.2) is 0 Å². The molecule has 0 saturated carbocycles. The molecule has 1 rings (SSSR count). The minimum Gasteiger partial charge on any atom is -0.275 e. The predicted molar refractivity (Wildman–Crippen MR) is 82.9 cm³/mol. The zero-order valence-corrected chi connectivity index (χ0v) is 13.8. The van der Waals surface area contributed by atoms with Crippen LogP contribution in [0.2, 0.25) is 0 Å². The fourth-order valence-corrected chi connectivity index (χ4v) is 6.86. The molecule has 1 aliphatic carbocycles. The fourth-order valence-electron chi connectivity index (χ4n) is 3.04. The Morgan fingerprint density at radius 3 is 1.53 bits per heavy atom. The first-order valence-corrected chi connectivity index (χ1v) is 8.85. The van der Waals surface area contributed by atoms with Gasteiger partial charge in [0.25, 0.3) is 0 Å². The molecule has 17 heavy (non-hydrogen) atoms. The maximum absolute atomic E-state index is 3.85. The van der Waals surface area contributed by atoms with Crippen molar-refractivity contribution in [1.29, 1.82) is 0 Å². The standard InChI is InChI=1S/C15H29NS/c1-10-11(2)13(4)14(12(10)3)17(8,9)16-15(5,6)7/h14,16H,1-9H3. The summed E-state index contributed by atoms with van der Waals surface area (Å²) in [4.78, 5) is 0. The van der Waals surface area contributed by atoms with Gasteiger partial charge in [0.05, 0.1) is 0 Å². The third-order valence-corrected chi connectivity index (χ3v) is 6.71. The molecule has 0 heterocycles. The van der Waals surface area contributed by atoms with Crippen molar-refractivity contribution in [2.75, 3.05) is 12.5 Å². The summed E-state index contributed by atoms with van der Waals surface area (Å²) in [6.07, 6.45) is 4.81. The van der Waals surface area contributed by atoms with E-state index in [1.165, 1.54) is 11.1 Å². The van der Waals surface area contributed by atoms with Gasteiger partial charge in [0.1, 0.15) is 0 Å². The van der Waals surface area contributed by atoms with Crippen LogP contribution >= 0.6 is 10.2 Å². The van der Waals surface area contributed by atoms with Crippen LogP contribution in [-0.4, -0.2) is 23.3 Å². The highest BCUT2D eigenvalue weighted by molar-refractivity contribution is 8.31. The van der Waals surface area contributed by atoms with Crippen molar-refractivity contribution in [3.8, 4) is 0 Å². The Hall–Kier alpha value is -0.210. The minimum absolute atomic E-state index is 0.184. The first-order valence-electron chi connectivity index (χ1n) is 6.33. The van der Waals surface area contributed by atoms with Gasteiger partial charge in [-0.05, 0) is 72.1 Å². The maximum Gasteiger partial charge on any atom is 0.0424 e. The van der Waals surface area contributed by atoms with Crippen molar-refractivity contribution in [3.05, 3.63) is 22.3 Å². The fraction of sp³-hybridized carbons (Fsp3) is 0.733. The SMILES string of the molecule is CC1=C(C)C(S(C)(C)NC(C)(C)C)C(C)=C1C. The molecule has 0 aliphatic heterocycles. The Labute approximate surface area is 109 Å². The van der Waals surface area contributed by atoms with Gasteiger partial charge in [0.2, 0.25) is 0 Å². The topological polar surface area (TPSA) is 12.0 Å². The largest absolute Gasteiger partial charge is 0.275 e. The normalized spacial score (nSPS) is 20.5. The van der Waals surface area contributed by atoms with Gasteiger partial charge in [-0.1, -0.05) is 11.1 Å². The lowest BCUT2D eigenvalue weighted by Crippen LogP contribution is -2.41. The molecule has 0 amide bonds. The molecule has 1 N–H and O–H groups in total. The van der Waals surface area contributed by atoms with Crippen molar-refractivity contribution in [1.82, 2.24) is 4.72 Å². The summed E-state index contributed by atoms with van der Waals surface area (Å²) in [5.74, 6) is 0. The molecule has 0 atom stereocenters. The first-order chi connectivity index (χ1) is 7.47. The van der Waals surface area contributed by atoms with Gasteiger partial charge in [-0.3, -0.25) is 4.72 Å². The van der Waals surface area contributed by atoms with Crippen LogP contribution < -0.4 is 4.72 Å². The Bertz CT molecular complexity index is 356. The monoisotopic (exact) mass is 255 g/mol. The number of rotatable bonds is 2. The smallest absolute Gasteiger partial charge is 0.0424 e. The zero-order chi connectivity index (χ0) is 13.6. The van der Waals surface area contributed by atoms with Crippen molar-refractivity contribution in [2.45, 2.75) is 59.3 Å². The Kier molecular flexibility index (Phi) is 3.91. The number of nitrogens with one attached hydrogen (secondary N) is 1. The Morgan fingerprint density at radius 1 is 0.882 bits per heavy atom. The quantitative estimate of drug-likeness (QED) is 0.771. The van der Waals surface area contributed by atoms with Gasteiger partial charge in [-0.25, -0.2) is 0 Å². The van der Waals surface area contributed by atoms with Crippen molar-refractivity contribution < 1.29 is 0 Å². The van der Waals surface area contributed by atoms with Gasteiger partial charge in [0, 0.05) is 10.8 Å². The van der Waals surface area contributed by atoms with Crippen LogP contribution in [-0.2, 0) is 0 Å². The summed E-state index contributed by atoms with van der Waals surface area (Å²) in [6.45, 7) is 15.9. The molecule has 0 aromatic carbocycles. The molecule has 0 fully saturated rings. The number of hydrogen-bond acceptors (Lipinski definition) is 1. The summed E-state index contributed by atoms with van der Waals surface area (Å²) in [5.41, 5.74) is 6.32. The van der Waals surface area contributed by atoms with Crippen molar-refractivity contribution in [3.63, 3.8) is 0 Å². The lowest BCUT2D eigenvalue weighted by Gasteiger charge is -2.45. The van der Waals surface area contributed by atoms with Crippen LogP contribution in [0.25, 0.3) is 0 Å². The van der Waals surface area contributed by atoms with E-state index in [0.717, 1.165) is 0 Å². The Morgan fingerprint density at radius 2 is 1.24 bits per heavy atom.